The predicted molar refractivity (Wildman–Crippen MR) is 98.0 cm³/mol. The Labute approximate surface area is 153 Å². The van der Waals surface area contributed by atoms with E-state index in [4.69, 9.17) is 4.74 Å². The number of ether oxygens (including phenoxy) is 1. The van der Waals surface area contributed by atoms with Gasteiger partial charge in [-0.25, -0.2) is 4.39 Å². The van der Waals surface area contributed by atoms with E-state index in [1.807, 2.05) is 24.3 Å². The third-order valence-corrected chi connectivity index (χ3v) is 4.19. The molecular formula is C21H24FNO3. The van der Waals surface area contributed by atoms with E-state index in [-0.39, 0.29) is 31.2 Å². The van der Waals surface area contributed by atoms with Crippen molar-refractivity contribution in [3.05, 3.63) is 71.0 Å². The van der Waals surface area contributed by atoms with Gasteiger partial charge in [0, 0.05) is 20.0 Å². The number of carbonyl (C=O) groups is 2. The zero-order valence-corrected chi connectivity index (χ0v) is 15.2. The summed E-state index contributed by atoms with van der Waals surface area (Å²) in [6.45, 7) is 2.24. The standard InChI is InChI=1S/C21H24FNO3/c1-3-16-8-10-17(11-9-16)14-23(2)20(24)15-26-21(25)13-12-18-6-4-5-7-19(18)22/h4-11H,3,12-15H2,1-2H3. The van der Waals surface area contributed by atoms with Crippen LogP contribution >= 0.6 is 0 Å². The van der Waals surface area contributed by atoms with Crippen LogP contribution in [0.4, 0.5) is 4.39 Å². The van der Waals surface area contributed by atoms with E-state index in [9.17, 15) is 14.0 Å². The second-order valence-corrected chi connectivity index (χ2v) is 6.17. The third-order valence-electron chi connectivity index (χ3n) is 4.19. The van der Waals surface area contributed by atoms with Gasteiger partial charge in [0.1, 0.15) is 5.82 Å². The Morgan fingerprint density at radius 3 is 2.35 bits per heavy atom. The van der Waals surface area contributed by atoms with Gasteiger partial charge in [0.05, 0.1) is 0 Å². The minimum Gasteiger partial charge on any atom is -0.456 e. The molecule has 0 saturated carbocycles. The highest BCUT2D eigenvalue weighted by molar-refractivity contribution is 5.80. The lowest BCUT2D eigenvalue weighted by atomic mass is 10.1. The molecule has 0 aliphatic carbocycles. The molecule has 5 heteroatoms. The summed E-state index contributed by atoms with van der Waals surface area (Å²) in [7, 11) is 1.67. The zero-order valence-electron chi connectivity index (χ0n) is 15.2. The van der Waals surface area contributed by atoms with Crippen LogP contribution in [0.15, 0.2) is 48.5 Å². The van der Waals surface area contributed by atoms with Crippen molar-refractivity contribution in [3.63, 3.8) is 0 Å². The summed E-state index contributed by atoms with van der Waals surface area (Å²) >= 11 is 0. The molecule has 0 heterocycles. The first-order chi connectivity index (χ1) is 12.5. The fourth-order valence-corrected chi connectivity index (χ4v) is 2.50. The van der Waals surface area contributed by atoms with E-state index in [1.54, 1.807) is 25.2 Å². The maximum Gasteiger partial charge on any atom is 0.306 e. The Balaban J connectivity index is 1.74. The minimum atomic E-state index is -0.512. The van der Waals surface area contributed by atoms with Crippen molar-refractivity contribution in [1.29, 1.82) is 0 Å². The van der Waals surface area contributed by atoms with Gasteiger partial charge in [-0.05, 0) is 35.6 Å². The van der Waals surface area contributed by atoms with Gasteiger partial charge in [0.2, 0.25) is 0 Å². The zero-order chi connectivity index (χ0) is 18.9. The molecule has 26 heavy (non-hydrogen) atoms. The van der Waals surface area contributed by atoms with Gasteiger partial charge in [-0.15, -0.1) is 0 Å². The lowest BCUT2D eigenvalue weighted by Gasteiger charge is -2.17. The highest BCUT2D eigenvalue weighted by Crippen LogP contribution is 2.10. The average Bonchev–Trinajstić information content (AvgIpc) is 2.66. The molecule has 0 saturated heterocycles. The quantitative estimate of drug-likeness (QED) is 0.679. The molecule has 0 N–H and O–H groups in total. The van der Waals surface area contributed by atoms with Crippen molar-refractivity contribution in [1.82, 2.24) is 4.90 Å². The van der Waals surface area contributed by atoms with Crippen molar-refractivity contribution in [2.75, 3.05) is 13.7 Å². The molecule has 0 spiro atoms. The van der Waals surface area contributed by atoms with Crippen LogP contribution in [-0.2, 0) is 33.7 Å². The minimum absolute atomic E-state index is 0.0381. The van der Waals surface area contributed by atoms with Crippen LogP contribution in [0.1, 0.15) is 30.0 Å². The van der Waals surface area contributed by atoms with Gasteiger partial charge >= 0.3 is 5.97 Å². The normalized spacial score (nSPS) is 10.4. The number of halogens is 1. The molecule has 2 aromatic carbocycles. The van der Waals surface area contributed by atoms with Crippen molar-refractivity contribution < 1.29 is 18.7 Å². The van der Waals surface area contributed by atoms with E-state index in [2.05, 4.69) is 6.92 Å². The summed E-state index contributed by atoms with van der Waals surface area (Å²) in [6.07, 6.45) is 1.26. The molecule has 0 aromatic heterocycles. The summed E-state index contributed by atoms with van der Waals surface area (Å²) in [5.74, 6) is -1.13. The Kier molecular flexibility index (Phi) is 7.33. The Bertz CT molecular complexity index is 743. The predicted octanol–water partition coefficient (Wildman–Crippen LogP) is 3.52. The van der Waals surface area contributed by atoms with Crippen molar-refractivity contribution in [2.45, 2.75) is 32.7 Å². The maximum atomic E-state index is 13.5. The van der Waals surface area contributed by atoms with Gasteiger partial charge in [0.25, 0.3) is 5.91 Å². The summed E-state index contributed by atoms with van der Waals surface area (Å²) < 4.78 is 18.5. The number of hydrogen-bond donors (Lipinski definition) is 0. The van der Waals surface area contributed by atoms with Gasteiger partial charge in [0.15, 0.2) is 6.61 Å². The fraction of sp³-hybridized carbons (Fsp3) is 0.333. The average molecular weight is 357 g/mol. The number of nitrogens with zero attached hydrogens (tertiary/aromatic N) is 1. The molecule has 0 aliphatic heterocycles. The molecule has 0 radical (unpaired) electrons. The molecule has 1 amide bonds. The highest BCUT2D eigenvalue weighted by Gasteiger charge is 2.13. The van der Waals surface area contributed by atoms with E-state index in [0.717, 1.165) is 12.0 Å². The lowest BCUT2D eigenvalue weighted by Crippen LogP contribution is -2.30. The first-order valence-corrected chi connectivity index (χ1v) is 8.70. The molecule has 138 valence electrons. The van der Waals surface area contributed by atoms with Crippen molar-refractivity contribution >= 4 is 11.9 Å². The summed E-state index contributed by atoms with van der Waals surface area (Å²) in [4.78, 5) is 25.4. The van der Waals surface area contributed by atoms with Crippen LogP contribution in [0.5, 0.6) is 0 Å². The van der Waals surface area contributed by atoms with E-state index >= 15 is 0 Å². The molecule has 0 atom stereocenters. The number of aryl methyl sites for hydroxylation is 2. The van der Waals surface area contributed by atoms with Crippen molar-refractivity contribution in [2.24, 2.45) is 0 Å². The second kappa shape index (κ2) is 9.70. The molecule has 4 nitrogen and oxygen atoms in total. The first-order valence-electron chi connectivity index (χ1n) is 8.70. The smallest absolute Gasteiger partial charge is 0.306 e. The van der Waals surface area contributed by atoms with Gasteiger partial charge in [-0.2, -0.15) is 0 Å². The summed E-state index contributed by atoms with van der Waals surface area (Å²) in [5, 5.41) is 0. The number of benzene rings is 2. The molecular weight excluding hydrogens is 333 g/mol. The second-order valence-electron chi connectivity index (χ2n) is 6.17. The van der Waals surface area contributed by atoms with E-state index < -0.39 is 5.97 Å². The number of likely N-dealkylation sites (N-methyl/N-ethyl adjacent to an activating group) is 1. The Hall–Kier alpha value is -2.69. The van der Waals surface area contributed by atoms with Gasteiger partial charge in [-0.1, -0.05) is 49.4 Å². The molecule has 0 unspecified atom stereocenters. The molecule has 2 rings (SSSR count). The molecule has 0 fully saturated rings. The van der Waals surface area contributed by atoms with Gasteiger partial charge in [-0.3, -0.25) is 9.59 Å². The van der Waals surface area contributed by atoms with E-state index in [0.29, 0.717) is 12.1 Å². The van der Waals surface area contributed by atoms with Crippen LogP contribution in [0.3, 0.4) is 0 Å². The largest absolute Gasteiger partial charge is 0.456 e. The topological polar surface area (TPSA) is 46.6 Å². The summed E-state index contributed by atoms with van der Waals surface area (Å²) in [6, 6.07) is 14.4. The first kappa shape index (κ1) is 19.6. The summed E-state index contributed by atoms with van der Waals surface area (Å²) in [5.41, 5.74) is 2.72. The lowest BCUT2D eigenvalue weighted by molar-refractivity contribution is -0.151. The molecule has 2 aromatic rings. The number of carbonyl (C=O) groups excluding carboxylic acids is 2. The van der Waals surface area contributed by atoms with Crippen molar-refractivity contribution in [3.8, 4) is 0 Å². The van der Waals surface area contributed by atoms with Crippen LogP contribution in [0.2, 0.25) is 0 Å². The van der Waals surface area contributed by atoms with Crippen LogP contribution in [0, 0.1) is 5.82 Å². The number of rotatable bonds is 8. The number of esters is 1. The van der Waals surface area contributed by atoms with Crippen LogP contribution in [0.25, 0.3) is 0 Å². The maximum absolute atomic E-state index is 13.5. The fourth-order valence-electron chi connectivity index (χ4n) is 2.50. The van der Waals surface area contributed by atoms with Gasteiger partial charge < -0.3 is 9.64 Å². The Morgan fingerprint density at radius 2 is 1.69 bits per heavy atom. The SMILES string of the molecule is CCc1ccc(CN(C)C(=O)COC(=O)CCc2ccccc2F)cc1. The Morgan fingerprint density at radius 1 is 1.04 bits per heavy atom. The number of amides is 1. The molecule has 0 aliphatic rings. The third kappa shape index (κ3) is 5.99. The molecule has 0 bridgehead atoms. The highest BCUT2D eigenvalue weighted by atomic mass is 19.1. The van der Waals surface area contributed by atoms with Crippen LogP contribution in [-0.4, -0.2) is 30.4 Å². The monoisotopic (exact) mass is 357 g/mol. The number of hydrogen-bond acceptors (Lipinski definition) is 3. The van der Waals surface area contributed by atoms with E-state index in [1.165, 1.54) is 16.5 Å². The van der Waals surface area contributed by atoms with Crippen LogP contribution < -0.4 is 0 Å².